The van der Waals surface area contributed by atoms with Crippen LogP contribution in [0.25, 0.3) is 16.7 Å². The van der Waals surface area contributed by atoms with Gasteiger partial charge in [0, 0.05) is 30.9 Å². The molecule has 9 nitrogen and oxygen atoms in total. The van der Waals surface area contributed by atoms with Gasteiger partial charge < -0.3 is 9.47 Å². The van der Waals surface area contributed by atoms with Gasteiger partial charge in [0.25, 0.3) is 12.0 Å². The van der Waals surface area contributed by atoms with Crippen LogP contribution in [-0.4, -0.2) is 56.5 Å². The average Bonchev–Trinajstić information content (AvgIpc) is 3.44. The molecule has 1 aromatic carbocycles. The summed E-state index contributed by atoms with van der Waals surface area (Å²) in [6, 6.07) is 9.82. The van der Waals surface area contributed by atoms with E-state index in [1.165, 1.54) is 4.52 Å². The Morgan fingerprint density at radius 3 is 2.66 bits per heavy atom. The van der Waals surface area contributed by atoms with Crippen molar-refractivity contribution in [3.05, 3.63) is 64.5 Å². The maximum absolute atomic E-state index is 13.2. The third-order valence-corrected chi connectivity index (χ3v) is 6.46. The van der Waals surface area contributed by atoms with Crippen LogP contribution in [0.3, 0.4) is 0 Å². The van der Waals surface area contributed by atoms with Crippen LogP contribution in [0.15, 0.2) is 47.7 Å². The second kappa shape index (κ2) is 7.68. The van der Waals surface area contributed by atoms with Crippen LogP contribution < -0.4 is 15.4 Å². The fourth-order valence-electron chi connectivity index (χ4n) is 4.93. The average molecular weight is 433 g/mol. The maximum Gasteiger partial charge on any atom is 0.425 e. The van der Waals surface area contributed by atoms with Crippen molar-refractivity contribution in [3.63, 3.8) is 0 Å². The number of hydrogen-bond acceptors (Lipinski definition) is 6. The molecule has 6 rings (SSSR count). The number of aromatic nitrogens is 5. The lowest BCUT2D eigenvalue weighted by Gasteiger charge is -2.32. The molecule has 3 aromatic heterocycles. The summed E-state index contributed by atoms with van der Waals surface area (Å²) in [5, 5.41) is 5.10. The minimum atomic E-state index is -0.227. The molecule has 4 aromatic rings. The number of likely N-dealkylation sites (tertiary alicyclic amines) is 1. The van der Waals surface area contributed by atoms with Crippen LogP contribution in [0.1, 0.15) is 24.0 Å². The molecule has 9 heteroatoms. The number of H-pyrrole nitrogens is 1. The second-order valence-electron chi connectivity index (χ2n) is 8.63. The molecule has 2 saturated heterocycles. The summed E-state index contributed by atoms with van der Waals surface area (Å²) in [6.07, 6.45) is 6.44. The fraction of sp³-hybridized carbons (Fsp3) is 0.391. The van der Waals surface area contributed by atoms with Crippen LogP contribution in [0.5, 0.6) is 5.75 Å². The van der Waals surface area contributed by atoms with E-state index in [0.717, 1.165) is 54.7 Å². The van der Waals surface area contributed by atoms with Crippen LogP contribution in [0.2, 0.25) is 0 Å². The van der Waals surface area contributed by atoms with Crippen molar-refractivity contribution in [2.75, 3.05) is 20.2 Å². The number of ether oxygens (including phenoxy) is 2. The monoisotopic (exact) mass is 433 g/mol. The molecule has 2 atom stereocenters. The lowest BCUT2D eigenvalue weighted by atomic mass is 10.2. The highest BCUT2D eigenvalue weighted by Crippen LogP contribution is 2.27. The van der Waals surface area contributed by atoms with Crippen LogP contribution in [0, 0.1) is 0 Å². The SMILES string of the molecule is COc1ccc(Cn2c(=O)n3nc[nH+]c3c3cc(CN4CC5CCC(C4)O5)cnc32)cc1. The molecular formula is C23H25N6O3+. The van der Waals surface area contributed by atoms with Gasteiger partial charge in [-0.2, -0.15) is 0 Å². The van der Waals surface area contributed by atoms with E-state index >= 15 is 0 Å². The summed E-state index contributed by atoms with van der Waals surface area (Å²) in [4.78, 5) is 23.5. The van der Waals surface area contributed by atoms with Crippen molar-refractivity contribution >= 4 is 16.7 Å². The lowest BCUT2D eigenvalue weighted by molar-refractivity contribution is -0.345. The van der Waals surface area contributed by atoms with Crippen molar-refractivity contribution < 1.29 is 14.5 Å². The molecule has 1 N–H and O–H groups in total. The van der Waals surface area contributed by atoms with E-state index in [2.05, 4.69) is 21.0 Å². The van der Waals surface area contributed by atoms with E-state index in [0.29, 0.717) is 30.0 Å². The first-order valence-electron chi connectivity index (χ1n) is 11.0. The van der Waals surface area contributed by atoms with Crippen LogP contribution in [-0.2, 0) is 17.8 Å². The molecule has 2 bridgehead atoms. The van der Waals surface area contributed by atoms with E-state index in [4.69, 9.17) is 14.5 Å². The van der Waals surface area contributed by atoms with E-state index < -0.39 is 0 Å². The van der Waals surface area contributed by atoms with Crippen molar-refractivity contribution in [2.24, 2.45) is 0 Å². The number of hydrogen-bond donors (Lipinski definition) is 0. The Hall–Kier alpha value is -3.30. The number of morpholine rings is 1. The van der Waals surface area contributed by atoms with Gasteiger partial charge in [-0.15, -0.1) is 0 Å². The highest BCUT2D eigenvalue weighted by Gasteiger charge is 2.33. The topological polar surface area (TPSA) is 88.0 Å². The maximum atomic E-state index is 13.2. The number of nitrogens with zero attached hydrogens (tertiary/aromatic N) is 5. The smallest absolute Gasteiger partial charge is 0.425 e. The minimum Gasteiger partial charge on any atom is -0.497 e. The van der Waals surface area contributed by atoms with Gasteiger partial charge in [0.1, 0.15) is 5.75 Å². The second-order valence-corrected chi connectivity index (χ2v) is 8.63. The third kappa shape index (κ3) is 3.34. The summed E-state index contributed by atoms with van der Waals surface area (Å²) in [7, 11) is 1.64. The first-order chi connectivity index (χ1) is 15.7. The highest BCUT2D eigenvalue weighted by atomic mass is 16.5. The quantitative estimate of drug-likeness (QED) is 0.471. The molecule has 5 heterocycles. The van der Waals surface area contributed by atoms with Crippen molar-refractivity contribution in [3.8, 4) is 5.75 Å². The van der Waals surface area contributed by atoms with E-state index in [1.54, 1.807) is 18.0 Å². The molecule has 0 aliphatic carbocycles. The number of fused-ring (bicyclic) bond motifs is 5. The first kappa shape index (κ1) is 19.4. The lowest BCUT2D eigenvalue weighted by Crippen LogP contribution is -2.42. The summed E-state index contributed by atoms with van der Waals surface area (Å²) in [6.45, 7) is 3.13. The molecule has 2 unspecified atom stereocenters. The van der Waals surface area contributed by atoms with Crippen molar-refractivity contribution in [2.45, 2.75) is 38.1 Å². The van der Waals surface area contributed by atoms with Gasteiger partial charge in [0.05, 0.1) is 31.2 Å². The fourth-order valence-corrected chi connectivity index (χ4v) is 4.93. The van der Waals surface area contributed by atoms with Gasteiger partial charge in [0.2, 0.25) is 0 Å². The minimum absolute atomic E-state index is 0.227. The van der Waals surface area contributed by atoms with E-state index in [9.17, 15) is 4.79 Å². The predicted molar refractivity (Wildman–Crippen MR) is 117 cm³/mol. The molecule has 0 radical (unpaired) electrons. The number of pyridine rings is 1. The molecular weight excluding hydrogens is 408 g/mol. The zero-order chi connectivity index (χ0) is 21.7. The Labute approximate surface area is 184 Å². The number of rotatable bonds is 5. The van der Waals surface area contributed by atoms with Crippen LogP contribution >= 0.6 is 0 Å². The van der Waals surface area contributed by atoms with Gasteiger partial charge in [-0.3, -0.25) is 9.47 Å². The van der Waals surface area contributed by atoms with Crippen molar-refractivity contribution in [1.29, 1.82) is 0 Å². The normalized spacial score (nSPS) is 20.9. The predicted octanol–water partition coefficient (Wildman–Crippen LogP) is 1.28. The summed E-state index contributed by atoms with van der Waals surface area (Å²) < 4.78 is 14.3. The number of benzene rings is 1. The Morgan fingerprint density at radius 1 is 1.12 bits per heavy atom. The van der Waals surface area contributed by atoms with Gasteiger partial charge in [-0.05, 0) is 46.7 Å². The molecule has 2 aliphatic rings. The van der Waals surface area contributed by atoms with E-state index in [1.807, 2.05) is 30.5 Å². The number of methoxy groups -OCH3 is 1. The molecule has 0 amide bonds. The Balaban J connectivity index is 1.39. The molecule has 164 valence electrons. The van der Waals surface area contributed by atoms with E-state index in [-0.39, 0.29) is 5.69 Å². The summed E-state index contributed by atoms with van der Waals surface area (Å²) in [5.41, 5.74) is 3.17. The van der Waals surface area contributed by atoms with Crippen LogP contribution in [0.4, 0.5) is 0 Å². The molecule has 32 heavy (non-hydrogen) atoms. The summed E-state index contributed by atoms with van der Waals surface area (Å²) >= 11 is 0. The zero-order valence-electron chi connectivity index (χ0n) is 17.9. The van der Waals surface area contributed by atoms with Gasteiger partial charge in [-0.25, -0.2) is 14.8 Å². The molecule has 2 aliphatic heterocycles. The zero-order valence-corrected chi connectivity index (χ0v) is 17.9. The Bertz CT molecular complexity index is 1330. The van der Waals surface area contributed by atoms with Gasteiger partial charge in [0.15, 0.2) is 5.65 Å². The van der Waals surface area contributed by atoms with Gasteiger partial charge >= 0.3 is 5.69 Å². The first-order valence-corrected chi connectivity index (χ1v) is 11.0. The molecule has 2 fully saturated rings. The third-order valence-electron chi connectivity index (χ3n) is 6.46. The molecule has 0 saturated carbocycles. The van der Waals surface area contributed by atoms with Crippen molar-refractivity contribution in [1.82, 2.24) is 24.1 Å². The Kier molecular flexibility index (Phi) is 4.65. The standard InChI is InChI=1S/C23H24N6O3/c1-31-17-4-2-15(3-5-17)11-28-21-20(22-25-14-26-29(22)23(28)30)8-16(9-24-21)10-27-12-18-6-7-19(13-27)32-18/h2-5,8-9,14,18-19H,6-7,10-13H2,1H3/p+1. The van der Waals surface area contributed by atoms with Gasteiger partial charge in [-0.1, -0.05) is 12.1 Å². The Morgan fingerprint density at radius 2 is 1.91 bits per heavy atom. The largest absolute Gasteiger partial charge is 0.497 e. The highest BCUT2D eigenvalue weighted by molar-refractivity contribution is 5.87. The molecule has 0 spiro atoms. The number of aromatic amines is 1. The summed E-state index contributed by atoms with van der Waals surface area (Å²) in [5.74, 6) is 0.780. The number of nitrogens with one attached hydrogen (secondary N) is 1.